The number of aryl methyl sites for hydroxylation is 1. The Morgan fingerprint density at radius 2 is 2.23 bits per heavy atom. The summed E-state index contributed by atoms with van der Waals surface area (Å²) in [6.07, 6.45) is 2.01. The molecule has 1 aromatic carbocycles. The van der Waals surface area contributed by atoms with Gasteiger partial charge in [0, 0.05) is 35.0 Å². The van der Waals surface area contributed by atoms with Crippen molar-refractivity contribution in [2.75, 3.05) is 13.2 Å². The minimum absolute atomic E-state index is 0.0564. The molecule has 1 fully saturated rings. The predicted octanol–water partition coefficient (Wildman–Crippen LogP) is 2.48. The third kappa shape index (κ3) is 4.14. The Morgan fingerprint density at radius 3 is 2.92 bits per heavy atom. The molecule has 1 N–H and O–H groups in total. The van der Waals surface area contributed by atoms with E-state index in [0.29, 0.717) is 34.2 Å². The van der Waals surface area contributed by atoms with Gasteiger partial charge in [-0.2, -0.15) is 0 Å². The van der Waals surface area contributed by atoms with E-state index in [1.165, 1.54) is 4.57 Å². The van der Waals surface area contributed by atoms with E-state index in [0.717, 1.165) is 19.4 Å². The second-order valence-electron chi connectivity index (χ2n) is 6.49. The highest BCUT2D eigenvalue weighted by molar-refractivity contribution is 6.30. The molecule has 1 aromatic heterocycles. The van der Waals surface area contributed by atoms with Crippen molar-refractivity contribution in [1.29, 1.82) is 0 Å². The summed E-state index contributed by atoms with van der Waals surface area (Å²) in [6, 6.07) is 7.10. The third-order valence-corrected chi connectivity index (χ3v) is 4.81. The zero-order chi connectivity index (χ0) is 18.7. The van der Waals surface area contributed by atoms with Crippen LogP contribution >= 0.6 is 11.6 Å². The summed E-state index contributed by atoms with van der Waals surface area (Å²) in [6.45, 7) is 4.60. The summed E-state index contributed by atoms with van der Waals surface area (Å²) in [5.41, 5.74) is 1.65. The molecule has 1 atom stereocenters. The van der Waals surface area contributed by atoms with Gasteiger partial charge in [-0.15, -0.1) is 0 Å². The lowest BCUT2D eigenvalue weighted by atomic mass is 10.1. The number of rotatable bonds is 5. The number of carbonyl (C=O) groups excluding carboxylic acids is 1. The number of benzene rings is 1. The van der Waals surface area contributed by atoms with Crippen molar-refractivity contribution >= 4 is 17.5 Å². The Bertz CT molecular complexity index is 873. The van der Waals surface area contributed by atoms with Crippen LogP contribution in [0.2, 0.25) is 5.02 Å². The van der Waals surface area contributed by atoms with Crippen molar-refractivity contribution in [3.05, 3.63) is 50.9 Å². The van der Waals surface area contributed by atoms with Crippen LogP contribution < -0.4 is 10.9 Å². The molecule has 0 unspecified atom stereocenters. The van der Waals surface area contributed by atoms with Crippen molar-refractivity contribution in [2.24, 2.45) is 0 Å². The second kappa shape index (κ2) is 8.01. The number of amides is 1. The first-order valence-corrected chi connectivity index (χ1v) is 9.06. The average molecular weight is 376 g/mol. The third-order valence-electron chi connectivity index (χ3n) is 4.57. The number of aromatic nitrogens is 2. The molecule has 1 aliphatic rings. The summed E-state index contributed by atoms with van der Waals surface area (Å²) < 4.78 is 6.91. The highest BCUT2D eigenvalue weighted by Gasteiger charge is 2.19. The van der Waals surface area contributed by atoms with Crippen LogP contribution in [0.1, 0.15) is 24.1 Å². The summed E-state index contributed by atoms with van der Waals surface area (Å²) >= 11 is 6.08. The van der Waals surface area contributed by atoms with Crippen LogP contribution in [0.25, 0.3) is 11.4 Å². The Hall–Kier alpha value is -2.18. The lowest BCUT2D eigenvalue weighted by molar-refractivity contribution is -0.122. The molecule has 2 aromatic rings. The maximum Gasteiger partial charge on any atom is 0.257 e. The van der Waals surface area contributed by atoms with Gasteiger partial charge in [-0.3, -0.25) is 14.2 Å². The molecule has 1 aliphatic heterocycles. The Kier molecular flexibility index (Phi) is 5.74. The summed E-state index contributed by atoms with van der Waals surface area (Å²) in [5, 5.41) is 3.39. The molecular formula is C19H22ClN3O3. The molecule has 7 heteroatoms. The summed E-state index contributed by atoms with van der Waals surface area (Å²) in [4.78, 5) is 29.7. The predicted molar refractivity (Wildman–Crippen MR) is 100 cm³/mol. The zero-order valence-corrected chi connectivity index (χ0v) is 15.7. The molecule has 2 heterocycles. The first-order valence-electron chi connectivity index (χ1n) is 8.68. The van der Waals surface area contributed by atoms with Crippen molar-refractivity contribution in [3.8, 4) is 11.4 Å². The molecule has 26 heavy (non-hydrogen) atoms. The van der Waals surface area contributed by atoms with Crippen LogP contribution in [0.5, 0.6) is 0 Å². The largest absolute Gasteiger partial charge is 0.376 e. The quantitative estimate of drug-likeness (QED) is 0.871. The van der Waals surface area contributed by atoms with Gasteiger partial charge < -0.3 is 10.1 Å². The number of hydrogen-bond acceptors (Lipinski definition) is 4. The molecule has 138 valence electrons. The van der Waals surface area contributed by atoms with Gasteiger partial charge in [-0.05, 0) is 38.8 Å². The topological polar surface area (TPSA) is 73.2 Å². The van der Waals surface area contributed by atoms with Gasteiger partial charge in [0.1, 0.15) is 12.4 Å². The fraction of sp³-hybridized carbons (Fsp3) is 0.421. The molecule has 3 rings (SSSR count). The molecular weight excluding hydrogens is 354 g/mol. The monoisotopic (exact) mass is 375 g/mol. The van der Waals surface area contributed by atoms with E-state index < -0.39 is 0 Å². The van der Waals surface area contributed by atoms with E-state index in [1.807, 2.05) is 6.07 Å². The average Bonchev–Trinajstić information content (AvgIpc) is 3.14. The minimum Gasteiger partial charge on any atom is -0.376 e. The van der Waals surface area contributed by atoms with Crippen molar-refractivity contribution in [2.45, 2.75) is 39.3 Å². The molecule has 0 spiro atoms. The normalized spacial score (nSPS) is 16.7. The second-order valence-corrected chi connectivity index (χ2v) is 6.92. The number of nitrogens with zero attached hydrogens (tertiary/aromatic N) is 2. The van der Waals surface area contributed by atoms with Gasteiger partial charge in [0.15, 0.2) is 0 Å². The maximum atomic E-state index is 12.7. The standard InChI is InChI=1S/C19H22ClN3O3/c1-12-13(2)22-18(14-5-3-6-15(20)9-14)23(19(12)25)11-17(24)21-10-16-7-4-8-26-16/h3,5-6,9,16H,4,7-8,10-11H2,1-2H3,(H,21,24)/t16-/m1/s1. The first-order chi connectivity index (χ1) is 12.5. The smallest absolute Gasteiger partial charge is 0.257 e. The fourth-order valence-electron chi connectivity index (χ4n) is 2.98. The molecule has 6 nitrogen and oxygen atoms in total. The SMILES string of the molecule is Cc1nc(-c2cccc(Cl)c2)n(CC(=O)NC[C@H]2CCCO2)c(=O)c1C. The molecule has 0 saturated carbocycles. The fourth-order valence-corrected chi connectivity index (χ4v) is 3.17. The minimum atomic E-state index is -0.240. The zero-order valence-electron chi connectivity index (χ0n) is 14.9. The van der Waals surface area contributed by atoms with Crippen molar-refractivity contribution in [3.63, 3.8) is 0 Å². The van der Waals surface area contributed by atoms with E-state index in [2.05, 4.69) is 10.3 Å². The highest BCUT2D eigenvalue weighted by Crippen LogP contribution is 2.21. The molecule has 0 aliphatic carbocycles. The van der Waals surface area contributed by atoms with Gasteiger partial charge in [0.25, 0.3) is 5.56 Å². The Morgan fingerprint density at radius 1 is 1.42 bits per heavy atom. The van der Waals surface area contributed by atoms with Crippen LogP contribution in [-0.2, 0) is 16.1 Å². The van der Waals surface area contributed by atoms with Gasteiger partial charge >= 0.3 is 0 Å². The summed E-state index contributed by atoms with van der Waals surface area (Å²) in [5.74, 6) is 0.198. The molecule has 0 bridgehead atoms. The number of hydrogen-bond donors (Lipinski definition) is 1. The molecule has 1 saturated heterocycles. The van der Waals surface area contributed by atoms with E-state index in [9.17, 15) is 9.59 Å². The molecule has 0 radical (unpaired) electrons. The van der Waals surface area contributed by atoms with Crippen molar-refractivity contribution < 1.29 is 9.53 Å². The van der Waals surface area contributed by atoms with Crippen molar-refractivity contribution in [1.82, 2.24) is 14.9 Å². The number of nitrogens with one attached hydrogen (secondary N) is 1. The number of carbonyl (C=O) groups is 1. The summed E-state index contributed by atoms with van der Waals surface area (Å²) in [7, 11) is 0. The van der Waals surface area contributed by atoms with E-state index in [-0.39, 0.29) is 24.1 Å². The van der Waals surface area contributed by atoms with Gasteiger partial charge in [-0.1, -0.05) is 23.7 Å². The van der Waals surface area contributed by atoms with Crippen LogP contribution in [0.3, 0.4) is 0 Å². The number of halogens is 1. The van der Waals surface area contributed by atoms with Crippen LogP contribution in [0.15, 0.2) is 29.1 Å². The van der Waals surface area contributed by atoms with E-state index in [1.54, 1.807) is 32.0 Å². The van der Waals surface area contributed by atoms with Crippen LogP contribution in [0.4, 0.5) is 0 Å². The van der Waals surface area contributed by atoms with Gasteiger partial charge in [0.2, 0.25) is 5.91 Å². The van der Waals surface area contributed by atoms with Gasteiger partial charge in [-0.25, -0.2) is 4.98 Å². The Labute approximate surface area is 157 Å². The first kappa shape index (κ1) is 18.6. The van der Waals surface area contributed by atoms with Gasteiger partial charge in [0.05, 0.1) is 6.10 Å². The Balaban J connectivity index is 1.88. The molecule has 1 amide bonds. The van der Waals surface area contributed by atoms with E-state index >= 15 is 0 Å². The highest BCUT2D eigenvalue weighted by atomic mass is 35.5. The lowest BCUT2D eigenvalue weighted by Crippen LogP contribution is -2.38. The maximum absolute atomic E-state index is 12.7. The lowest BCUT2D eigenvalue weighted by Gasteiger charge is -2.16. The number of ether oxygens (including phenoxy) is 1. The van der Waals surface area contributed by atoms with Crippen LogP contribution in [-0.4, -0.2) is 34.7 Å². The van der Waals surface area contributed by atoms with E-state index in [4.69, 9.17) is 16.3 Å². The van der Waals surface area contributed by atoms with Crippen LogP contribution in [0, 0.1) is 13.8 Å².